The van der Waals surface area contributed by atoms with Crippen molar-refractivity contribution in [3.8, 4) is 11.5 Å². The van der Waals surface area contributed by atoms with Crippen molar-refractivity contribution < 1.29 is 23.8 Å². The van der Waals surface area contributed by atoms with Gasteiger partial charge in [-0.15, -0.1) is 0 Å². The van der Waals surface area contributed by atoms with Crippen LogP contribution in [0.2, 0.25) is 0 Å². The summed E-state index contributed by atoms with van der Waals surface area (Å²) in [6, 6.07) is 11.5. The summed E-state index contributed by atoms with van der Waals surface area (Å²) >= 11 is 0. The molecule has 0 heterocycles. The first-order valence-corrected chi connectivity index (χ1v) is 7.89. The number of benzene rings is 2. The Morgan fingerprint density at radius 3 is 2.24 bits per heavy atom. The van der Waals surface area contributed by atoms with Crippen LogP contribution in [0.15, 0.2) is 42.5 Å². The normalized spacial score (nSPS) is 10.0. The molecule has 0 aliphatic rings. The first-order valence-electron chi connectivity index (χ1n) is 7.89. The highest BCUT2D eigenvalue weighted by Gasteiger charge is 2.12. The van der Waals surface area contributed by atoms with Crippen LogP contribution in [0.4, 0.5) is 5.69 Å². The number of ether oxygens (including phenoxy) is 3. The molecule has 0 aromatic heterocycles. The van der Waals surface area contributed by atoms with Crippen molar-refractivity contribution in [1.29, 1.82) is 0 Å². The number of hydrogen-bond acceptors (Lipinski definition) is 5. The molecule has 2 aromatic carbocycles. The molecule has 0 saturated carbocycles. The van der Waals surface area contributed by atoms with Crippen molar-refractivity contribution in [2.75, 3.05) is 26.1 Å². The molecule has 6 nitrogen and oxygen atoms in total. The van der Waals surface area contributed by atoms with Gasteiger partial charge < -0.3 is 19.5 Å². The number of methoxy groups -OCH3 is 2. The van der Waals surface area contributed by atoms with Gasteiger partial charge in [0.2, 0.25) is 0 Å². The lowest BCUT2D eigenvalue weighted by Gasteiger charge is -2.10. The fourth-order valence-electron chi connectivity index (χ4n) is 2.14. The minimum atomic E-state index is -0.416. The topological polar surface area (TPSA) is 73.9 Å². The highest BCUT2D eigenvalue weighted by Crippen LogP contribution is 2.23. The molecule has 0 fully saturated rings. The molecule has 132 valence electrons. The van der Waals surface area contributed by atoms with Gasteiger partial charge in [-0.1, -0.05) is 13.0 Å². The number of carbonyl (C=O) groups excluding carboxylic acids is 2. The Labute approximate surface area is 146 Å². The van der Waals surface area contributed by atoms with Crippen LogP contribution in [0, 0.1) is 0 Å². The molecule has 1 amide bonds. The first-order chi connectivity index (χ1) is 12.1. The molecule has 0 unspecified atom stereocenters. The summed E-state index contributed by atoms with van der Waals surface area (Å²) in [5.41, 5.74) is 1.27. The smallest absolute Gasteiger partial charge is 0.338 e. The zero-order valence-corrected chi connectivity index (χ0v) is 14.5. The molecule has 0 atom stereocenters. The fourth-order valence-corrected chi connectivity index (χ4v) is 2.14. The lowest BCUT2D eigenvalue weighted by atomic mass is 10.1. The predicted molar refractivity (Wildman–Crippen MR) is 94.5 cm³/mol. The van der Waals surface area contributed by atoms with E-state index in [9.17, 15) is 9.59 Å². The van der Waals surface area contributed by atoms with Gasteiger partial charge in [0.15, 0.2) is 0 Å². The molecular weight excluding hydrogens is 322 g/mol. The summed E-state index contributed by atoms with van der Waals surface area (Å²) in [6.07, 6.45) is 0.750. The second kappa shape index (κ2) is 8.73. The maximum absolute atomic E-state index is 12.5. The maximum Gasteiger partial charge on any atom is 0.338 e. The number of rotatable bonds is 7. The molecule has 6 heteroatoms. The van der Waals surface area contributed by atoms with Crippen LogP contribution in [-0.4, -0.2) is 32.7 Å². The Morgan fingerprint density at radius 1 is 0.960 bits per heavy atom. The molecule has 0 aliphatic heterocycles. The largest absolute Gasteiger partial charge is 0.497 e. The second-order valence-corrected chi connectivity index (χ2v) is 5.27. The Kier molecular flexibility index (Phi) is 6.39. The third kappa shape index (κ3) is 4.97. The summed E-state index contributed by atoms with van der Waals surface area (Å²) in [5.74, 6) is 0.278. The zero-order valence-electron chi connectivity index (χ0n) is 14.5. The van der Waals surface area contributed by atoms with Crippen molar-refractivity contribution in [2.24, 2.45) is 0 Å². The van der Waals surface area contributed by atoms with E-state index in [1.807, 2.05) is 6.92 Å². The number of carbonyl (C=O) groups is 2. The van der Waals surface area contributed by atoms with Gasteiger partial charge in [-0.3, -0.25) is 4.79 Å². The monoisotopic (exact) mass is 343 g/mol. The Hall–Kier alpha value is -3.02. The Bertz CT molecular complexity index is 735. The summed E-state index contributed by atoms with van der Waals surface area (Å²) in [4.78, 5) is 24.4. The Morgan fingerprint density at radius 2 is 1.64 bits per heavy atom. The van der Waals surface area contributed by atoms with Crippen molar-refractivity contribution in [3.63, 3.8) is 0 Å². The summed E-state index contributed by atoms with van der Waals surface area (Å²) in [5, 5.41) is 2.75. The van der Waals surface area contributed by atoms with Gasteiger partial charge in [-0.2, -0.15) is 0 Å². The van der Waals surface area contributed by atoms with Crippen LogP contribution in [0.25, 0.3) is 0 Å². The van der Waals surface area contributed by atoms with E-state index >= 15 is 0 Å². The molecule has 1 N–H and O–H groups in total. The fraction of sp³-hybridized carbons (Fsp3) is 0.263. The molecule has 2 aromatic rings. The van der Waals surface area contributed by atoms with Gasteiger partial charge in [0, 0.05) is 17.3 Å². The summed E-state index contributed by atoms with van der Waals surface area (Å²) in [7, 11) is 3.03. The molecule has 0 aliphatic carbocycles. The lowest BCUT2D eigenvalue weighted by Crippen LogP contribution is -2.13. The first kappa shape index (κ1) is 18.3. The number of nitrogens with one attached hydrogen (secondary N) is 1. The van der Waals surface area contributed by atoms with Gasteiger partial charge >= 0.3 is 5.97 Å². The molecule has 0 spiro atoms. The quantitative estimate of drug-likeness (QED) is 0.779. The second-order valence-electron chi connectivity index (χ2n) is 5.27. The number of esters is 1. The lowest BCUT2D eigenvalue weighted by molar-refractivity contribution is 0.0505. The van der Waals surface area contributed by atoms with E-state index in [1.165, 1.54) is 14.2 Å². The molecule has 25 heavy (non-hydrogen) atoms. The summed E-state index contributed by atoms with van der Waals surface area (Å²) in [6.45, 7) is 2.28. The maximum atomic E-state index is 12.5. The van der Waals surface area contributed by atoms with Crippen molar-refractivity contribution in [1.82, 2.24) is 0 Å². The van der Waals surface area contributed by atoms with Gasteiger partial charge in [-0.05, 0) is 36.8 Å². The van der Waals surface area contributed by atoms with Crippen LogP contribution in [0.5, 0.6) is 11.5 Å². The summed E-state index contributed by atoms with van der Waals surface area (Å²) < 4.78 is 15.4. The zero-order chi connectivity index (χ0) is 18.2. The van der Waals surface area contributed by atoms with Gasteiger partial charge in [-0.25, -0.2) is 4.79 Å². The van der Waals surface area contributed by atoms with Gasteiger partial charge in [0.05, 0.1) is 26.4 Å². The molecule has 2 rings (SSSR count). The average Bonchev–Trinajstić information content (AvgIpc) is 2.65. The van der Waals surface area contributed by atoms with Gasteiger partial charge in [0.1, 0.15) is 11.5 Å². The number of hydrogen-bond donors (Lipinski definition) is 1. The van der Waals surface area contributed by atoms with Gasteiger partial charge in [0.25, 0.3) is 5.91 Å². The highest BCUT2D eigenvalue weighted by atomic mass is 16.5. The Balaban J connectivity index is 2.16. The van der Waals surface area contributed by atoms with E-state index in [0.717, 1.165) is 6.42 Å². The van der Waals surface area contributed by atoms with Crippen LogP contribution in [0.1, 0.15) is 34.1 Å². The predicted octanol–water partition coefficient (Wildman–Crippen LogP) is 3.52. The number of amides is 1. The van der Waals surface area contributed by atoms with E-state index in [1.54, 1.807) is 42.5 Å². The van der Waals surface area contributed by atoms with E-state index in [-0.39, 0.29) is 5.91 Å². The third-order valence-electron chi connectivity index (χ3n) is 3.41. The van der Waals surface area contributed by atoms with E-state index < -0.39 is 5.97 Å². The standard InChI is InChI=1S/C19H21NO5/c1-4-8-25-19(22)13-6-5-7-15(9-13)20-18(21)14-10-16(23-2)12-17(11-14)24-3/h5-7,9-12H,4,8H2,1-3H3,(H,20,21). The van der Waals surface area contributed by atoms with Crippen molar-refractivity contribution in [3.05, 3.63) is 53.6 Å². The van der Waals surface area contributed by atoms with Crippen LogP contribution in [-0.2, 0) is 4.74 Å². The minimum Gasteiger partial charge on any atom is -0.497 e. The molecule has 0 saturated heterocycles. The van der Waals surface area contributed by atoms with Crippen molar-refractivity contribution >= 4 is 17.6 Å². The SMILES string of the molecule is CCCOC(=O)c1cccc(NC(=O)c2cc(OC)cc(OC)c2)c1. The van der Waals surface area contributed by atoms with E-state index in [0.29, 0.717) is 34.9 Å². The van der Waals surface area contributed by atoms with E-state index in [2.05, 4.69) is 5.32 Å². The van der Waals surface area contributed by atoms with E-state index in [4.69, 9.17) is 14.2 Å². The van der Waals surface area contributed by atoms with Crippen LogP contribution < -0.4 is 14.8 Å². The number of anilines is 1. The molecular formula is C19H21NO5. The van der Waals surface area contributed by atoms with Crippen LogP contribution in [0.3, 0.4) is 0 Å². The highest BCUT2D eigenvalue weighted by molar-refractivity contribution is 6.05. The minimum absolute atomic E-state index is 0.337. The third-order valence-corrected chi connectivity index (χ3v) is 3.41. The molecule has 0 radical (unpaired) electrons. The van der Waals surface area contributed by atoms with Crippen molar-refractivity contribution in [2.45, 2.75) is 13.3 Å². The van der Waals surface area contributed by atoms with Crippen LogP contribution >= 0.6 is 0 Å². The molecule has 0 bridgehead atoms. The average molecular weight is 343 g/mol.